The third-order valence-corrected chi connectivity index (χ3v) is 6.17. The quantitative estimate of drug-likeness (QED) is 0.903. The summed E-state index contributed by atoms with van der Waals surface area (Å²) < 4.78 is 27.3. The van der Waals surface area contributed by atoms with Crippen molar-refractivity contribution in [2.75, 3.05) is 0 Å². The molecule has 0 spiro atoms. The highest BCUT2D eigenvalue weighted by atomic mass is 32.2. The molecule has 1 heterocycles. The number of hydrogen-bond acceptors (Lipinski definition) is 3. The lowest BCUT2D eigenvalue weighted by Gasteiger charge is -2.10. The summed E-state index contributed by atoms with van der Waals surface area (Å²) in [6.45, 7) is 2.03. The van der Waals surface area contributed by atoms with Crippen molar-refractivity contribution < 1.29 is 8.42 Å². The molecular formula is C11H17NO2S2. The maximum Gasteiger partial charge on any atom is 0.250 e. The molecule has 0 radical (unpaired) electrons. The highest BCUT2D eigenvalue weighted by Gasteiger charge is 2.23. The number of aryl methyl sites for hydroxylation is 1. The van der Waals surface area contributed by atoms with E-state index in [0.717, 1.165) is 37.0 Å². The number of thiophene rings is 1. The fourth-order valence-electron chi connectivity index (χ4n) is 2.01. The molecule has 1 aliphatic carbocycles. The van der Waals surface area contributed by atoms with E-state index in [4.69, 9.17) is 0 Å². The Morgan fingerprint density at radius 3 is 2.62 bits per heavy atom. The average Bonchev–Trinajstić information content (AvgIpc) is 2.85. The Kier molecular flexibility index (Phi) is 3.66. The summed E-state index contributed by atoms with van der Waals surface area (Å²) in [7, 11) is -3.26. The maximum atomic E-state index is 12.0. The van der Waals surface area contributed by atoms with E-state index in [1.165, 1.54) is 11.3 Å². The van der Waals surface area contributed by atoms with E-state index in [1.54, 1.807) is 6.07 Å². The van der Waals surface area contributed by atoms with Crippen LogP contribution in [0.25, 0.3) is 0 Å². The summed E-state index contributed by atoms with van der Waals surface area (Å²) in [5.74, 6) is 0. The van der Waals surface area contributed by atoms with Gasteiger partial charge in [-0.15, -0.1) is 11.3 Å². The van der Waals surface area contributed by atoms with Gasteiger partial charge in [0.1, 0.15) is 4.21 Å². The number of rotatable bonds is 4. The predicted octanol–water partition coefficient (Wildman–Crippen LogP) is 2.53. The van der Waals surface area contributed by atoms with Crippen LogP contribution >= 0.6 is 11.3 Å². The fourth-order valence-corrected chi connectivity index (χ4v) is 4.63. The van der Waals surface area contributed by atoms with Crippen molar-refractivity contribution >= 4 is 21.4 Å². The van der Waals surface area contributed by atoms with Crippen LogP contribution in [-0.2, 0) is 16.4 Å². The first kappa shape index (κ1) is 12.1. The minimum atomic E-state index is -3.26. The van der Waals surface area contributed by atoms with Crippen molar-refractivity contribution in [3.8, 4) is 0 Å². The smallest absolute Gasteiger partial charge is 0.207 e. The Bertz CT molecular complexity index is 444. The molecule has 2 rings (SSSR count). The normalized spacial score (nSPS) is 18.1. The fraction of sp³-hybridized carbons (Fsp3) is 0.636. The van der Waals surface area contributed by atoms with Crippen LogP contribution in [0, 0.1) is 0 Å². The monoisotopic (exact) mass is 259 g/mol. The summed E-state index contributed by atoms with van der Waals surface area (Å²) in [5, 5.41) is 0. The van der Waals surface area contributed by atoms with Crippen molar-refractivity contribution in [3.05, 3.63) is 17.0 Å². The standard InChI is InChI=1S/C11H17NO2S2/c1-2-10-7-8-11(15-10)16(13,14)12-9-5-3-4-6-9/h7-9,12H,2-6H2,1H3. The zero-order valence-corrected chi connectivity index (χ0v) is 11.0. The Labute approximate surface area is 101 Å². The van der Waals surface area contributed by atoms with Crippen molar-refractivity contribution in [3.63, 3.8) is 0 Å². The van der Waals surface area contributed by atoms with Crippen LogP contribution < -0.4 is 4.72 Å². The molecule has 1 aromatic heterocycles. The van der Waals surface area contributed by atoms with Gasteiger partial charge in [-0.05, 0) is 31.4 Å². The highest BCUT2D eigenvalue weighted by molar-refractivity contribution is 7.91. The first-order valence-electron chi connectivity index (χ1n) is 5.73. The minimum absolute atomic E-state index is 0.150. The summed E-state index contributed by atoms with van der Waals surface area (Å²) >= 11 is 1.37. The van der Waals surface area contributed by atoms with E-state index in [0.29, 0.717) is 4.21 Å². The molecule has 0 atom stereocenters. The Morgan fingerprint density at radius 1 is 1.38 bits per heavy atom. The molecular weight excluding hydrogens is 242 g/mol. The van der Waals surface area contributed by atoms with Crippen LogP contribution in [0.4, 0.5) is 0 Å². The highest BCUT2D eigenvalue weighted by Crippen LogP contribution is 2.24. The molecule has 0 aromatic carbocycles. The molecule has 1 aliphatic rings. The van der Waals surface area contributed by atoms with Gasteiger partial charge in [0.15, 0.2) is 0 Å². The molecule has 0 saturated heterocycles. The SMILES string of the molecule is CCc1ccc(S(=O)(=O)NC2CCCC2)s1. The van der Waals surface area contributed by atoms with Crippen LogP contribution in [0.2, 0.25) is 0 Å². The molecule has 3 nitrogen and oxygen atoms in total. The molecule has 1 fully saturated rings. The molecule has 90 valence electrons. The van der Waals surface area contributed by atoms with E-state index in [-0.39, 0.29) is 6.04 Å². The molecule has 0 aliphatic heterocycles. The van der Waals surface area contributed by atoms with Gasteiger partial charge in [-0.3, -0.25) is 0 Å². The zero-order valence-electron chi connectivity index (χ0n) is 9.40. The van der Waals surface area contributed by atoms with Gasteiger partial charge in [-0.25, -0.2) is 13.1 Å². The van der Waals surface area contributed by atoms with Gasteiger partial charge in [0, 0.05) is 10.9 Å². The van der Waals surface area contributed by atoms with Gasteiger partial charge in [0.2, 0.25) is 10.0 Å². The van der Waals surface area contributed by atoms with Gasteiger partial charge in [-0.2, -0.15) is 0 Å². The molecule has 1 saturated carbocycles. The van der Waals surface area contributed by atoms with E-state index in [2.05, 4.69) is 4.72 Å². The third kappa shape index (κ3) is 2.64. The van der Waals surface area contributed by atoms with Crippen molar-refractivity contribution in [1.82, 2.24) is 4.72 Å². The maximum absolute atomic E-state index is 12.0. The predicted molar refractivity (Wildman–Crippen MR) is 66.3 cm³/mol. The molecule has 0 bridgehead atoms. The lowest BCUT2D eigenvalue weighted by atomic mass is 10.3. The summed E-state index contributed by atoms with van der Waals surface area (Å²) in [6, 6.07) is 3.76. The van der Waals surface area contributed by atoms with Crippen LogP contribution in [0.3, 0.4) is 0 Å². The molecule has 1 aromatic rings. The molecule has 1 N–H and O–H groups in total. The van der Waals surface area contributed by atoms with E-state index < -0.39 is 10.0 Å². The second kappa shape index (κ2) is 4.85. The van der Waals surface area contributed by atoms with Crippen molar-refractivity contribution in [2.45, 2.75) is 49.3 Å². The topological polar surface area (TPSA) is 46.2 Å². The van der Waals surface area contributed by atoms with E-state index >= 15 is 0 Å². The molecule has 16 heavy (non-hydrogen) atoms. The zero-order chi connectivity index (χ0) is 11.6. The second-order valence-corrected chi connectivity index (χ2v) is 7.29. The average molecular weight is 259 g/mol. The van der Waals surface area contributed by atoms with Crippen LogP contribution in [0.1, 0.15) is 37.5 Å². The Hall–Kier alpha value is -0.390. The van der Waals surface area contributed by atoms with E-state index in [9.17, 15) is 8.42 Å². The third-order valence-electron chi connectivity index (χ3n) is 2.93. The summed E-state index contributed by atoms with van der Waals surface area (Å²) in [6.07, 6.45) is 5.12. The second-order valence-electron chi connectivity index (χ2n) is 4.18. The van der Waals surface area contributed by atoms with Gasteiger partial charge in [0.05, 0.1) is 0 Å². The van der Waals surface area contributed by atoms with Gasteiger partial charge < -0.3 is 0 Å². The number of hydrogen-bond donors (Lipinski definition) is 1. The van der Waals surface area contributed by atoms with Crippen LogP contribution in [-0.4, -0.2) is 14.5 Å². The molecule has 0 unspecified atom stereocenters. The largest absolute Gasteiger partial charge is 0.250 e. The number of nitrogens with one attached hydrogen (secondary N) is 1. The molecule has 0 amide bonds. The Balaban J connectivity index is 2.11. The Morgan fingerprint density at radius 2 is 2.06 bits per heavy atom. The van der Waals surface area contributed by atoms with Gasteiger partial charge in [0.25, 0.3) is 0 Å². The van der Waals surface area contributed by atoms with Gasteiger partial charge >= 0.3 is 0 Å². The molecule has 5 heteroatoms. The lowest BCUT2D eigenvalue weighted by molar-refractivity contribution is 0.554. The van der Waals surface area contributed by atoms with Gasteiger partial charge in [-0.1, -0.05) is 19.8 Å². The van der Waals surface area contributed by atoms with Crippen LogP contribution in [0.5, 0.6) is 0 Å². The first-order valence-corrected chi connectivity index (χ1v) is 8.03. The summed E-state index contributed by atoms with van der Waals surface area (Å²) in [4.78, 5) is 1.12. The van der Waals surface area contributed by atoms with Crippen molar-refractivity contribution in [1.29, 1.82) is 0 Å². The van der Waals surface area contributed by atoms with Crippen molar-refractivity contribution in [2.24, 2.45) is 0 Å². The first-order chi connectivity index (χ1) is 7.62. The number of sulfonamides is 1. The van der Waals surface area contributed by atoms with Crippen LogP contribution in [0.15, 0.2) is 16.3 Å². The lowest BCUT2D eigenvalue weighted by Crippen LogP contribution is -2.32. The summed E-state index contributed by atoms with van der Waals surface area (Å²) in [5.41, 5.74) is 0. The minimum Gasteiger partial charge on any atom is -0.207 e. The van der Waals surface area contributed by atoms with E-state index in [1.807, 2.05) is 13.0 Å².